The Morgan fingerprint density at radius 2 is 1.93 bits per heavy atom. The lowest BCUT2D eigenvalue weighted by Gasteiger charge is -2.10. The van der Waals surface area contributed by atoms with E-state index < -0.39 is 5.97 Å². The van der Waals surface area contributed by atoms with E-state index in [9.17, 15) is 9.90 Å². The maximum Gasteiger partial charge on any atom is 0.337 e. The standard InChI is InChI=1S/C22H21N3O4/c1-5-15(21(28-3)23-6-2)13-8-10-19(26)16(11-13)20-24-17-9-7-14(22(27)29-4)12-18(17)25-20/h5-12,26H,1H2,2-4H3,(H,24,25)/b21-15-,23-6-. The molecular weight excluding hydrogens is 370 g/mol. The second kappa shape index (κ2) is 8.43. The number of allylic oxidation sites excluding steroid dienone is 2. The summed E-state index contributed by atoms with van der Waals surface area (Å²) in [7, 11) is 2.86. The van der Waals surface area contributed by atoms with E-state index in [-0.39, 0.29) is 5.75 Å². The number of imidazole rings is 1. The largest absolute Gasteiger partial charge is 0.507 e. The molecule has 0 aliphatic rings. The number of phenols is 1. The first-order valence-corrected chi connectivity index (χ1v) is 8.83. The number of aromatic nitrogens is 2. The molecule has 0 aliphatic carbocycles. The predicted octanol–water partition coefficient (Wildman–Crippen LogP) is 4.31. The number of esters is 1. The minimum Gasteiger partial charge on any atom is -0.507 e. The number of H-pyrrole nitrogens is 1. The summed E-state index contributed by atoms with van der Waals surface area (Å²) in [5.41, 5.74) is 3.65. The zero-order valence-corrected chi connectivity index (χ0v) is 16.4. The number of carbonyl (C=O) groups is 1. The van der Waals surface area contributed by atoms with Crippen molar-refractivity contribution in [2.45, 2.75) is 6.92 Å². The van der Waals surface area contributed by atoms with E-state index in [0.717, 1.165) is 5.56 Å². The Morgan fingerprint density at radius 1 is 1.17 bits per heavy atom. The van der Waals surface area contributed by atoms with Crippen LogP contribution >= 0.6 is 0 Å². The molecule has 3 aromatic rings. The Bertz CT molecular complexity index is 1140. The molecule has 7 nitrogen and oxygen atoms in total. The second-order valence-electron chi connectivity index (χ2n) is 6.06. The maximum atomic E-state index is 11.8. The second-order valence-corrected chi connectivity index (χ2v) is 6.06. The quantitative estimate of drug-likeness (QED) is 0.282. The first-order chi connectivity index (χ1) is 14.0. The van der Waals surface area contributed by atoms with Crippen molar-refractivity contribution in [2.75, 3.05) is 14.2 Å². The number of phenolic OH excluding ortho intramolecular Hbond substituents is 1. The highest BCUT2D eigenvalue weighted by Gasteiger charge is 2.15. The lowest BCUT2D eigenvalue weighted by molar-refractivity contribution is 0.0601. The number of aliphatic imine (C=N–C) groups is 1. The van der Waals surface area contributed by atoms with E-state index in [4.69, 9.17) is 9.47 Å². The Balaban J connectivity index is 2.13. The van der Waals surface area contributed by atoms with E-state index in [1.165, 1.54) is 14.2 Å². The van der Waals surface area contributed by atoms with Crippen molar-refractivity contribution in [1.82, 2.24) is 9.97 Å². The minimum atomic E-state index is -0.433. The fraction of sp³-hybridized carbons (Fsp3) is 0.136. The summed E-state index contributed by atoms with van der Waals surface area (Å²) in [5, 5.41) is 10.4. The van der Waals surface area contributed by atoms with E-state index >= 15 is 0 Å². The lowest BCUT2D eigenvalue weighted by atomic mass is 10.0. The van der Waals surface area contributed by atoms with Gasteiger partial charge in [-0.25, -0.2) is 14.8 Å². The van der Waals surface area contributed by atoms with Crippen LogP contribution in [0.2, 0.25) is 0 Å². The smallest absolute Gasteiger partial charge is 0.337 e. The predicted molar refractivity (Wildman–Crippen MR) is 113 cm³/mol. The average Bonchev–Trinajstić information content (AvgIpc) is 3.17. The summed E-state index contributed by atoms with van der Waals surface area (Å²) in [4.78, 5) is 23.6. The van der Waals surface area contributed by atoms with Crippen LogP contribution in [0.5, 0.6) is 5.75 Å². The van der Waals surface area contributed by atoms with Crippen LogP contribution in [-0.2, 0) is 9.47 Å². The fourth-order valence-electron chi connectivity index (χ4n) is 2.95. The van der Waals surface area contributed by atoms with Gasteiger partial charge in [0.1, 0.15) is 11.6 Å². The van der Waals surface area contributed by atoms with Gasteiger partial charge in [0.05, 0.1) is 36.4 Å². The van der Waals surface area contributed by atoms with Gasteiger partial charge in [-0.2, -0.15) is 0 Å². The maximum absolute atomic E-state index is 11.8. The molecule has 0 amide bonds. The van der Waals surface area contributed by atoms with Crippen LogP contribution in [0.15, 0.2) is 59.9 Å². The summed E-state index contributed by atoms with van der Waals surface area (Å²) in [6.45, 7) is 5.63. The summed E-state index contributed by atoms with van der Waals surface area (Å²) in [6, 6.07) is 10.1. The lowest BCUT2D eigenvalue weighted by Crippen LogP contribution is -2.00. The van der Waals surface area contributed by atoms with Crippen molar-refractivity contribution >= 4 is 28.8 Å². The molecule has 148 valence electrons. The number of aromatic hydroxyl groups is 1. The number of carbonyl (C=O) groups excluding carboxylic acids is 1. The summed E-state index contributed by atoms with van der Waals surface area (Å²) in [6.07, 6.45) is 3.27. The molecule has 2 aromatic carbocycles. The molecule has 0 unspecified atom stereocenters. The molecule has 1 aromatic heterocycles. The molecule has 3 rings (SSSR count). The first-order valence-electron chi connectivity index (χ1n) is 8.83. The molecule has 0 radical (unpaired) electrons. The molecule has 0 fully saturated rings. The van der Waals surface area contributed by atoms with Crippen LogP contribution in [0.4, 0.5) is 0 Å². The number of nitrogens with one attached hydrogen (secondary N) is 1. The highest BCUT2D eigenvalue weighted by molar-refractivity contribution is 5.94. The van der Waals surface area contributed by atoms with Crippen LogP contribution in [0, 0.1) is 0 Å². The Labute approximate surface area is 168 Å². The van der Waals surface area contributed by atoms with Crippen molar-refractivity contribution in [1.29, 1.82) is 0 Å². The summed E-state index contributed by atoms with van der Waals surface area (Å²) in [5.74, 6) is 0.494. The molecule has 7 heteroatoms. The molecule has 0 atom stereocenters. The van der Waals surface area contributed by atoms with Crippen LogP contribution < -0.4 is 0 Å². The third kappa shape index (κ3) is 3.89. The number of hydrogen-bond acceptors (Lipinski definition) is 6. The van der Waals surface area contributed by atoms with Gasteiger partial charge in [0.25, 0.3) is 0 Å². The molecule has 0 aliphatic heterocycles. The number of benzene rings is 2. The van der Waals surface area contributed by atoms with Crippen molar-refractivity contribution in [3.63, 3.8) is 0 Å². The van der Waals surface area contributed by atoms with Crippen molar-refractivity contribution in [3.05, 3.63) is 66.1 Å². The molecule has 2 N–H and O–H groups in total. The molecule has 0 bridgehead atoms. The third-order valence-electron chi connectivity index (χ3n) is 4.34. The number of methoxy groups -OCH3 is 2. The van der Waals surface area contributed by atoms with Crippen molar-refractivity contribution in [2.24, 2.45) is 4.99 Å². The Kier molecular flexibility index (Phi) is 5.78. The average molecular weight is 391 g/mol. The SMILES string of the molecule is C=C/C(=C(\N=C/C)OC)c1ccc(O)c(-c2nc3ccc(C(=O)OC)cc3[nH]2)c1. The van der Waals surface area contributed by atoms with Crippen LogP contribution in [-0.4, -0.2) is 41.5 Å². The topological polar surface area (TPSA) is 96.8 Å². The normalized spacial score (nSPS) is 12.1. The summed E-state index contributed by atoms with van der Waals surface area (Å²) < 4.78 is 10.1. The molecule has 0 spiro atoms. The van der Waals surface area contributed by atoms with Crippen molar-refractivity contribution in [3.8, 4) is 17.1 Å². The highest BCUT2D eigenvalue weighted by Crippen LogP contribution is 2.33. The van der Waals surface area contributed by atoms with Gasteiger partial charge in [-0.15, -0.1) is 0 Å². The highest BCUT2D eigenvalue weighted by atomic mass is 16.5. The monoisotopic (exact) mass is 391 g/mol. The molecular formula is C22H21N3O4. The fourth-order valence-corrected chi connectivity index (χ4v) is 2.95. The number of aromatic amines is 1. The number of ether oxygens (including phenoxy) is 2. The number of nitrogens with zero attached hydrogens (tertiary/aromatic N) is 2. The van der Waals surface area contributed by atoms with Gasteiger partial charge in [0.2, 0.25) is 5.88 Å². The van der Waals surface area contributed by atoms with Crippen LogP contribution in [0.3, 0.4) is 0 Å². The number of rotatable bonds is 6. The van der Waals surface area contributed by atoms with Gasteiger partial charge in [-0.05, 0) is 42.8 Å². The number of fused-ring (bicyclic) bond motifs is 1. The summed E-state index contributed by atoms with van der Waals surface area (Å²) >= 11 is 0. The van der Waals surface area contributed by atoms with Gasteiger partial charge in [0.15, 0.2) is 0 Å². The Hall–Kier alpha value is -3.87. The van der Waals surface area contributed by atoms with Gasteiger partial charge in [-0.3, -0.25) is 0 Å². The molecule has 29 heavy (non-hydrogen) atoms. The zero-order chi connectivity index (χ0) is 21.0. The van der Waals surface area contributed by atoms with Gasteiger partial charge in [0, 0.05) is 11.8 Å². The first kappa shape index (κ1) is 19.9. The van der Waals surface area contributed by atoms with Gasteiger partial charge in [-0.1, -0.05) is 18.7 Å². The van der Waals surface area contributed by atoms with Crippen LogP contribution in [0.25, 0.3) is 28.0 Å². The van der Waals surface area contributed by atoms with Crippen LogP contribution in [0.1, 0.15) is 22.8 Å². The van der Waals surface area contributed by atoms with Gasteiger partial charge >= 0.3 is 5.97 Å². The van der Waals surface area contributed by atoms with E-state index in [2.05, 4.69) is 21.5 Å². The Morgan fingerprint density at radius 3 is 2.59 bits per heavy atom. The van der Waals surface area contributed by atoms with E-state index in [1.807, 2.05) is 0 Å². The molecule has 0 saturated heterocycles. The minimum absolute atomic E-state index is 0.0577. The molecule has 0 saturated carbocycles. The zero-order valence-electron chi connectivity index (χ0n) is 16.4. The van der Waals surface area contributed by atoms with E-state index in [0.29, 0.717) is 39.4 Å². The number of hydrogen-bond donors (Lipinski definition) is 2. The van der Waals surface area contributed by atoms with Gasteiger partial charge < -0.3 is 19.6 Å². The third-order valence-corrected chi connectivity index (χ3v) is 4.34. The van der Waals surface area contributed by atoms with Crippen molar-refractivity contribution < 1.29 is 19.4 Å². The van der Waals surface area contributed by atoms with E-state index in [1.54, 1.807) is 55.6 Å². The molecule has 1 heterocycles.